The molecule has 160 valence electrons. The summed E-state index contributed by atoms with van der Waals surface area (Å²) in [6.45, 7) is 3.76. The average Bonchev–Trinajstić information content (AvgIpc) is 3.35. The predicted octanol–water partition coefficient (Wildman–Crippen LogP) is 3.63. The zero-order valence-electron chi connectivity index (χ0n) is 17.0. The van der Waals surface area contributed by atoms with Crippen molar-refractivity contribution in [2.45, 2.75) is 19.9 Å². The molecule has 0 N–H and O–H groups in total. The number of benzene rings is 1. The van der Waals surface area contributed by atoms with Gasteiger partial charge >= 0.3 is 5.97 Å². The van der Waals surface area contributed by atoms with Crippen molar-refractivity contribution in [2.75, 3.05) is 13.7 Å². The average molecular weight is 519 g/mol. The Morgan fingerprint density at radius 1 is 1.35 bits per heavy atom. The molecule has 0 fully saturated rings. The largest absolute Gasteiger partial charge is 0.496 e. The van der Waals surface area contributed by atoms with Gasteiger partial charge in [0.05, 0.1) is 40.0 Å². The van der Waals surface area contributed by atoms with Crippen LogP contribution in [0.25, 0.3) is 6.08 Å². The van der Waals surface area contributed by atoms with E-state index in [1.807, 2.05) is 35.0 Å². The minimum Gasteiger partial charge on any atom is -0.496 e. The Balaban J connectivity index is 1.97. The van der Waals surface area contributed by atoms with Crippen molar-refractivity contribution in [2.24, 2.45) is 4.99 Å². The summed E-state index contributed by atoms with van der Waals surface area (Å²) >= 11 is 6.39. The molecular weight excluding hydrogens is 500 g/mol. The molecule has 31 heavy (non-hydrogen) atoms. The van der Waals surface area contributed by atoms with Crippen LogP contribution >= 0.6 is 38.6 Å². The lowest BCUT2D eigenvalue weighted by atomic mass is 9.96. The summed E-state index contributed by atoms with van der Waals surface area (Å²) in [5, 5.41) is 3.94. The molecule has 9 heteroatoms. The number of halogens is 1. The Morgan fingerprint density at radius 3 is 2.81 bits per heavy atom. The van der Waals surface area contributed by atoms with Gasteiger partial charge in [-0.05, 0) is 75.9 Å². The van der Waals surface area contributed by atoms with Gasteiger partial charge in [0.15, 0.2) is 4.80 Å². The van der Waals surface area contributed by atoms with Gasteiger partial charge in [-0.3, -0.25) is 9.36 Å². The summed E-state index contributed by atoms with van der Waals surface area (Å²) in [5.41, 5.74) is 2.42. The van der Waals surface area contributed by atoms with Crippen molar-refractivity contribution in [3.05, 3.63) is 81.6 Å². The molecule has 1 aliphatic heterocycles. The van der Waals surface area contributed by atoms with Crippen LogP contribution in [-0.2, 0) is 9.53 Å². The van der Waals surface area contributed by atoms with E-state index in [-0.39, 0.29) is 12.2 Å². The first-order valence-electron chi connectivity index (χ1n) is 9.50. The number of allylic oxidation sites excluding steroid dienone is 1. The Morgan fingerprint density at radius 2 is 2.16 bits per heavy atom. The molecule has 3 aromatic rings. The molecule has 0 unspecified atom stereocenters. The molecule has 1 atom stereocenters. The molecule has 0 saturated carbocycles. The maximum absolute atomic E-state index is 13.4. The molecule has 1 aliphatic rings. The van der Waals surface area contributed by atoms with Gasteiger partial charge < -0.3 is 9.47 Å². The zero-order valence-corrected chi connectivity index (χ0v) is 20.3. The second-order valence-corrected chi connectivity index (χ2v) is 9.40. The quantitative estimate of drug-likeness (QED) is 0.483. The molecule has 2 aromatic heterocycles. The molecule has 0 spiro atoms. The first-order valence-corrected chi connectivity index (χ1v) is 12.0. The lowest BCUT2D eigenvalue weighted by Gasteiger charge is -2.25. The highest BCUT2D eigenvalue weighted by Gasteiger charge is 2.33. The standard InChI is InChI=1S/C22H19BrN2O4S2/c1-4-29-21(27)18-12(2)24-22-25(19(18)14-5-6-16(28-3)15(23)10-14)20(26)17(31-22)9-13-7-8-30-11-13/h5-11,19H,4H2,1-3H3/b17-9+/t19-/m1/s1. The highest BCUT2D eigenvalue weighted by atomic mass is 79.9. The van der Waals surface area contributed by atoms with Crippen LogP contribution in [0, 0.1) is 0 Å². The normalized spacial score (nSPS) is 16.1. The van der Waals surface area contributed by atoms with Crippen molar-refractivity contribution in [1.29, 1.82) is 0 Å². The summed E-state index contributed by atoms with van der Waals surface area (Å²) in [6, 6.07) is 6.82. The van der Waals surface area contributed by atoms with Gasteiger partial charge in [0.1, 0.15) is 5.75 Å². The van der Waals surface area contributed by atoms with Crippen LogP contribution in [0.2, 0.25) is 0 Å². The van der Waals surface area contributed by atoms with E-state index >= 15 is 0 Å². The summed E-state index contributed by atoms with van der Waals surface area (Å²) in [5.74, 6) is 0.180. The van der Waals surface area contributed by atoms with Crippen molar-refractivity contribution >= 4 is 50.6 Å². The molecule has 0 aliphatic carbocycles. The first-order chi connectivity index (χ1) is 14.9. The highest BCUT2D eigenvalue weighted by molar-refractivity contribution is 9.10. The smallest absolute Gasteiger partial charge is 0.338 e. The molecule has 6 nitrogen and oxygen atoms in total. The van der Waals surface area contributed by atoms with E-state index < -0.39 is 12.0 Å². The number of carbonyl (C=O) groups is 1. The Bertz CT molecular complexity index is 1350. The third kappa shape index (κ3) is 4.05. The zero-order chi connectivity index (χ0) is 22.1. The van der Waals surface area contributed by atoms with Crippen molar-refractivity contribution in [3.63, 3.8) is 0 Å². The van der Waals surface area contributed by atoms with Gasteiger partial charge in [0.25, 0.3) is 5.56 Å². The maximum atomic E-state index is 13.4. The predicted molar refractivity (Wildman–Crippen MR) is 125 cm³/mol. The third-order valence-electron chi connectivity index (χ3n) is 4.85. The fraction of sp³-hybridized carbons (Fsp3) is 0.227. The molecule has 3 heterocycles. The number of esters is 1. The van der Waals surface area contributed by atoms with Gasteiger partial charge in [0.2, 0.25) is 0 Å². The minimum atomic E-state index is -0.651. The van der Waals surface area contributed by atoms with Gasteiger partial charge in [-0.2, -0.15) is 11.3 Å². The number of carbonyl (C=O) groups excluding carboxylic acids is 1. The van der Waals surface area contributed by atoms with Crippen LogP contribution in [0.4, 0.5) is 0 Å². The van der Waals surface area contributed by atoms with Gasteiger partial charge in [0, 0.05) is 0 Å². The molecule has 0 amide bonds. The van der Waals surface area contributed by atoms with Gasteiger partial charge in [-0.25, -0.2) is 9.79 Å². The highest BCUT2D eigenvalue weighted by Crippen LogP contribution is 2.34. The number of hydrogen-bond acceptors (Lipinski definition) is 7. The Kier molecular flexibility index (Phi) is 6.27. The molecule has 0 bridgehead atoms. The third-order valence-corrected chi connectivity index (χ3v) is 7.15. The van der Waals surface area contributed by atoms with Gasteiger partial charge in [-0.1, -0.05) is 17.4 Å². The Labute approximate surface area is 194 Å². The fourth-order valence-electron chi connectivity index (χ4n) is 3.47. The first kappa shape index (κ1) is 21.7. The number of aromatic nitrogens is 1. The summed E-state index contributed by atoms with van der Waals surface area (Å²) in [6.07, 6.45) is 1.85. The molecule has 4 rings (SSSR count). The summed E-state index contributed by atoms with van der Waals surface area (Å²) in [4.78, 5) is 31.5. The number of ether oxygens (including phenoxy) is 2. The molecular formula is C22H19BrN2O4S2. The number of methoxy groups -OCH3 is 1. The molecule has 0 radical (unpaired) electrons. The SMILES string of the molecule is CCOC(=O)C1=C(C)N=c2s/c(=C/c3ccsc3)c(=O)n2[C@@H]1c1ccc(OC)c(Br)c1. The number of rotatable bonds is 5. The second-order valence-electron chi connectivity index (χ2n) is 6.75. The van der Waals surface area contributed by atoms with Crippen molar-refractivity contribution in [1.82, 2.24) is 4.57 Å². The van der Waals surface area contributed by atoms with Crippen LogP contribution in [-0.4, -0.2) is 24.3 Å². The van der Waals surface area contributed by atoms with Crippen LogP contribution in [0.15, 0.2) is 60.6 Å². The molecule has 1 aromatic carbocycles. The number of fused-ring (bicyclic) bond motifs is 1. The second kappa shape index (κ2) is 8.94. The van der Waals surface area contributed by atoms with Crippen LogP contribution in [0.3, 0.4) is 0 Å². The van der Waals surface area contributed by atoms with Gasteiger partial charge in [-0.15, -0.1) is 0 Å². The van der Waals surface area contributed by atoms with Crippen LogP contribution in [0.5, 0.6) is 5.75 Å². The fourth-order valence-corrected chi connectivity index (χ4v) is 5.69. The van der Waals surface area contributed by atoms with E-state index in [0.29, 0.717) is 26.4 Å². The number of thiazole rings is 1. The van der Waals surface area contributed by atoms with E-state index in [1.165, 1.54) is 11.3 Å². The lowest BCUT2D eigenvalue weighted by Crippen LogP contribution is -2.39. The summed E-state index contributed by atoms with van der Waals surface area (Å²) < 4.78 is 13.5. The topological polar surface area (TPSA) is 69.9 Å². The van der Waals surface area contributed by atoms with Crippen molar-refractivity contribution < 1.29 is 14.3 Å². The number of hydrogen-bond donors (Lipinski definition) is 0. The maximum Gasteiger partial charge on any atom is 0.338 e. The van der Waals surface area contributed by atoms with E-state index in [1.54, 1.807) is 42.9 Å². The van der Waals surface area contributed by atoms with Crippen LogP contribution < -0.4 is 19.6 Å². The van der Waals surface area contributed by atoms with E-state index in [4.69, 9.17) is 9.47 Å². The van der Waals surface area contributed by atoms with E-state index in [2.05, 4.69) is 20.9 Å². The number of thiophene rings is 1. The lowest BCUT2D eigenvalue weighted by molar-refractivity contribution is -0.139. The van der Waals surface area contributed by atoms with Crippen molar-refractivity contribution in [3.8, 4) is 5.75 Å². The number of nitrogens with zero attached hydrogens (tertiary/aromatic N) is 2. The van der Waals surface area contributed by atoms with Crippen LogP contribution in [0.1, 0.15) is 31.0 Å². The monoisotopic (exact) mass is 518 g/mol. The van der Waals surface area contributed by atoms with E-state index in [9.17, 15) is 9.59 Å². The Hall–Kier alpha value is -2.49. The summed E-state index contributed by atoms with van der Waals surface area (Å²) in [7, 11) is 1.58. The minimum absolute atomic E-state index is 0.193. The molecule has 0 saturated heterocycles. The van der Waals surface area contributed by atoms with E-state index in [0.717, 1.165) is 15.6 Å².